The highest BCUT2D eigenvalue weighted by Crippen LogP contribution is 2.45. The zero-order valence-corrected chi connectivity index (χ0v) is 24.3. The number of aliphatic hydroxyl groups is 1. The van der Waals surface area contributed by atoms with Crippen molar-refractivity contribution < 1.29 is 24.2 Å². The summed E-state index contributed by atoms with van der Waals surface area (Å²) in [6.45, 7) is 4.73. The molecule has 1 aromatic heterocycles. The molecule has 1 N–H and O–H groups in total. The van der Waals surface area contributed by atoms with E-state index in [4.69, 9.17) is 21.1 Å². The van der Waals surface area contributed by atoms with Gasteiger partial charge in [0, 0.05) is 17.0 Å². The lowest BCUT2D eigenvalue weighted by Gasteiger charge is -2.23. The number of thiazole rings is 1. The molecule has 2 aliphatic rings. The number of nitrogens with zero attached hydrogens (tertiary/aromatic N) is 2. The molecule has 1 saturated heterocycles. The topological polar surface area (TPSA) is 89.0 Å². The second-order valence-corrected chi connectivity index (χ2v) is 11.8. The molecule has 2 atom stereocenters. The SMILES string of the molecule is CCCCCOc1ccc([C@@H]2/C(=C(\O)c3ccc4c(c3)C[C@@H](C)O4)C(=O)C(=O)N2c2nc3ccc(Cl)cc3s2)cc1. The number of anilines is 1. The Hall–Kier alpha value is -3.88. The van der Waals surface area contributed by atoms with Crippen molar-refractivity contribution >= 4 is 55.7 Å². The summed E-state index contributed by atoms with van der Waals surface area (Å²) in [6.07, 6.45) is 3.89. The van der Waals surface area contributed by atoms with Gasteiger partial charge in [-0.2, -0.15) is 0 Å². The number of ketones is 1. The number of benzene rings is 3. The molecular formula is C32H29ClN2O5S. The Morgan fingerprint density at radius 2 is 1.93 bits per heavy atom. The van der Waals surface area contributed by atoms with Gasteiger partial charge in [0.25, 0.3) is 5.78 Å². The molecule has 0 aliphatic carbocycles. The van der Waals surface area contributed by atoms with Crippen LogP contribution in [0.2, 0.25) is 5.02 Å². The number of carbonyl (C=O) groups is 2. The fourth-order valence-corrected chi connectivity index (χ4v) is 6.62. The third-order valence-electron chi connectivity index (χ3n) is 7.37. The van der Waals surface area contributed by atoms with Gasteiger partial charge < -0.3 is 14.6 Å². The van der Waals surface area contributed by atoms with Gasteiger partial charge in [-0.3, -0.25) is 14.5 Å². The van der Waals surface area contributed by atoms with Crippen LogP contribution in [-0.4, -0.2) is 34.5 Å². The normalized spacial score (nSPS) is 19.5. The van der Waals surface area contributed by atoms with Crippen LogP contribution in [0.3, 0.4) is 0 Å². The first-order chi connectivity index (χ1) is 19.8. The van der Waals surface area contributed by atoms with Gasteiger partial charge >= 0.3 is 5.91 Å². The number of halogens is 1. The maximum absolute atomic E-state index is 13.6. The van der Waals surface area contributed by atoms with Gasteiger partial charge in [-0.05, 0) is 73.0 Å². The number of aromatic nitrogens is 1. The fraction of sp³-hybridized carbons (Fsp3) is 0.281. The molecule has 0 bridgehead atoms. The van der Waals surface area contributed by atoms with Crippen molar-refractivity contribution in [1.29, 1.82) is 0 Å². The van der Waals surface area contributed by atoms with Crippen molar-refractivity contribution in [3.63, 3.8) is 0 Å². The van der Waals surface area contributed by atoms with Crippen molar-refractivity contribution in [2.45, 2.75) is 51.7 Å². The molecular weight excluding hydrogens is 560 g/mol. The van der Waals surface area contributed by atoms with Crippen molar-refractivity contribution in [2.75, 3.05) is 11.5 Å². The van der Waals surface area contributed by atoms with Gasteiger partial charge in [-0.1, -0.05) is 54.8 Å². The molecule has 41 heavy (non-hydrogen) atoms. The summed E-state index contributed by atoms with van der Waals surface area (Å²) >= 11 is 7.47. The van der Waals surface area contributed by atoms with Gasteiger partial charge in [-0.15, -0.1) is 0 Å². The molecule has 0 unspecified atom stereocenters. The lowest BCUT2D eigenvalue weighted by atomic mass is 9.94. The highest BCUT2D eigenvalue weighted by molar-refractivity contribution is 7.22. The second-order valence-electron chi connectivity index (χ2n) is 10.4. The molecule has 3 heterocycles. The maximum Gasteiger partial charge on any atom is 0.301 e. The number of hydrogen-bond acceptors (Lipinski definition) is 7. The first-order valence-corrected chi connectivity index (χ1v) is 14.9. The van der Waals surface area contributed by atoms with Gasteiger partial charge in [0.2, 0.25) is 0 Å². The van der Waals surface area contributed by atoms with Crippen LogP contribution >= 0.6 is 22.9 Å². The van der Waals surface area contributed by atoms with Crippen LogP contribution < -0.4 is 14.4 Å². The van der Waals surface area contributed by atoms with Crippen molar-refractivity contribution in [1.82, 2.24) is 4.98 Å². The van der Waals surface area contributed by atoms with Crippen molar-refractivity contribution in [3.05, 3.63) is 87.9 Å². The van der Waals surface area contributed by atoms with Crippen LogP contribution in [-0.2, 0) is 16.0 Å². The minimum atomic E-state index is -0.886. The highest BCUT2D eigenvalue weighted by atomic mass is 35.5. The van der Waals surface area contributed by atoms with E-state index in [0.717, 1.165) is 35.3 Å². The zero-order chi connectivity index (χ0) is 28.7. The smallest absolute Gasteiger partial charge is 0.301 e. The molecule has 4 aromatic rings. The van der Waals surface area contributed by atoms with E-state index < -0.39 is 17.7 Å². The predicted octanol–water partition coefficient (Wildman–Crippen LogP) is 7.47. The number of aliphatic hydroxyl groups excluding tert-OH is 1. The summed E-state index contributed by atoms with van der Waals surface area (Å²) in [4.78, 5) is 33.3. The number of rotatable bonds is 8. The first kappa shape index (κ1) is 27.3. The summed E-state index contributed by atoms with van der Waals surface area (Å²) < 4.78 is 12.5. The summed E-state index contributed by atoms with van der Waals surface area (Å²) in [5, 5.41) is 12.5. The predicted molar refractivity (Wildman–Crippen MR) is 161 cm³/mol. The van der Waals surface area contributed by atoms with E-state index in [9.17, 15) is 14.7 Å². The highest BCUT2D eigenvalue weighted by Gasteiger charge is 2.48. The molecule has 3 aromatic carbocycles. The number of Topliss-reactive ketones (excluding diaryl/α,β-unsaturated/α-hetero) is 1. The van der Waals surface area contributed by atoms with E-state index >= 15 is 0 Å². The van der Waals surface area contributed by atoms with Gasteiger partial charge in [-0.25, -0.2) is 4.98 Å². The number of unbranched alkanes of at least 4 members (excludes halogenated alkanes) is 2. The van der Waals surface area contributed by atoms with E-state index in [1.807, 2.05) is 37.3 Å². The quantitative estimate of drug-likeness (QED) is 0.0994. The van der Waals surface area contributed by atoms with E-state index in [1.165, 1.54) is 16.2 Å². The molecule has 0 saturated carbocycles. The van der Waals surface area contributed by atoms with Crippen LogP contribution in [0.5, 0.6) is 11.5 Å². The molecule has 0 radical (unpaired) electrons. The summed E-state index contributed by atoms with van der Waals surface area (Å²) in [7, 11) is 0. The molecule has 2 aliphatic heterocycles. The van der Waals surface area contributed by atoms with E-state index in [2.05, 4.69) is 11.9 Å². The average molecular weight is 589 g/mol. The first-order valence-electron chi connectivity index (χ1n) is 13.7. The number of ether oxygens (including phenoxy) is 2. The van der Waals surface area contributed by atoms with Crippen LogP contribution in [0, 0.1) is 0 Å². The van der Waals surface area contributed by atoms with Crippen molar-refractivity contribution in [2.24, 2.45) is 0 Å². The lowest BCUT2D eigenvalue weighted by Crippen LogP contribution is -2.29. The third-order valence-corrected chi connectivity index (χ3v) is 8.62. The molecule has 6 rings (SSSR count). The van der Waals surface area contributed by atoms with E-state index in [0.29, 0.717) is 45.6 Å². The Labute approximate surface area is 247 Å². The molecule has 0 spiro atoms. The Kier molecular flexibility index (Phi) is 7.45. The molecule has 210 valence electrons. The molecule has 1 amide bonds. The van der Waals surface area contributed by atoms with Crippen LogP contribution in [0.25, 0.3) is 16.0 Å². The average Bonchev–Trinajstić information content (AvgIpc) is 3.63. The number of fused-ring (bicyclic) bond motifs is 2. The Morgan fingerprint density at radius 3 is 2.71 bits per heavy atom. The van der Waals surface area contributed by atoms with E-state index in [-0.39, 0.29) is 17.4 Å². The Bertz CT molecular complexity index is 1680. The molecule has 7 nitrogen and oxygen atoms in total. The van der Waals surface area contributed by atoms with E-state index in [1.54, 1.807) is 30.3 Å². The number of carbonyl (C=O) groups excluding carboxylic acids is 2. The van der Waals surface area contributed by atoms with Crippen LogP contribution in [0.1, 0.15) is 55.8 Å². The van der Waals surface area contributed by atoms with Crippen LogP contribution in [0.15, 0.2) is 66.2 Å². The van der Waals surface area contributed by atoms with Gasteiger partial charge in [0.15, 0.2) is 5.13 Å². The van der Waals surface area contributed by atoms with Crippen LogP contribution in [0.4, 0.5) is 5.13 Å². The maximum atomic E-state index is 13.6. The molecule has 1 fully saturated rings. The zero-order valence-electron chi connectivity index (χ0n) is 22.7. The standard InChI is InChI=1S/C32H29ClN2O5S/c1-3-4-5-14-39-23-10-6-19(7-11-23)28-27(29(36)20-8-13-25-21(16-20)15-18(2)40-25)30(37)31(38)35(28)32-34-24-12-9-22(33)17-26(24)41-32/h6-13,16-18,28,36H,3-5,14-15H2,1-2H3/b29-27+/t18-,28-/m1/s1. The van der Waals surface area contributed by atoms with Crippen molar-refractivity contribution in [3.8, 4) is 11.5 Å². The second kappa shape index (κ2) is 11.2. The Balaban J connectivity index is 1.44. The lowest BCUT2D eigenvalue weighted by molar-refractivity contribution is -0.132. The fourth-order valence-electron chi connectivity index (χ4n) is 5.35. The third kappa shape index (κ3) is 5.18. The number of amides is 1. The summed E-state index contributed by atoms with van der Waals surface area (Å²) in [5.74, 6) is -0.297. The Morgan fingerprint density at radius 1 is 1.12 bits per heavy atom. The minimum Gasteiger partial charge on any atom is -0.507 e. The van der Waals surface area contributed by atoms with Gasteiger partial charge in [0.05, 0.1) is 28.4 Å². The summed E-state index contributed by atoms with van der Waals surface area (Å²) in [6, 6.07) is 17.0. The summed E-state index contributed by atoms with van der Waals surface area (Å²) in [5.41, 5.74) is 2.73. The largest absolute Gasteiger partial charge is 0.507 e. The molecule has 9 heteroatoms. The number of hydrogen-bond donors (Lipinski definition) is 1. The monoisotopic (exact) mass is 588 g/mol. The van der Waals surface area contributed by atoms with Gasteiger partial charge in [0.1, 0.15) is 23.4 Å². The minimum absolute atomic E-state index is 0.0100.